The number of para-hydroxylation sites is 1. The molecule has 0 aliphatic rings. The van der Waals surface area contributed by atoms with Crippen LogP contribution in [0.3, 0.4) is 0 Å². The highest BCUT2D eigenvalue weighted by Crippen LogP contribution is 2.24. The maximum atomic E-state index is 12.7. The molecule has 0 aliphatic heterocycles. The van der Waals surface area contributed by atoms with Gasteiger partial charge < -0.3 is 31.1 Å². The lowest BCUT2D eigenvalue weighted by atomic mass is 10.1. The zero-order valence-electron chi connectivity index (χ0n) is 26.5. The van der Waals surface area contributed by atoms with E-state index >= 15 is 0 Å². The van der Waals surface area contributed by atoms with Crippen molar-refractivity contribution < 1.29 is 27.9 Å². The molecule has 0 radical (unpaired) electrons. The van der Waals surface area contributed by atoms with Gasteiger partial charge in [0.15, 0.2) is 0 Å². The topological polar surface area (TPSA) is 164 Å². The van der Waals surface area contributed by atoms with E-state index in [1.54, 1.807) is 6.07 Å². The first-order valence-electron chi connectivity index (χ1n) is 15.3. The number of ether oxygens (including phenoxy) is 1. The Hall–Kier alpha value is -4.68. The predicted molar refractivity (Wildman–Crippen MR) is 181 cm³/mol. The molecule has 4 aromatic rings. The number of likely N-dealkylation sites (N-methyl/N-ethyl adjacent to an activating group) is 1. The minimum atomic E-state index is -3.60. The van der Waals surface area contributed by atoms with E-state index in [1.165, 1.54) is 48.5 Å². The van der Waals surface area contributed by atoms with Gasteiger partial charge in [-0.05, 0) is 74.1 Å². The molecule has 12 heteroatoms. The summed E-state index contributed by atoms with van der Waals surface area (Å²) in [6, 6.07) is 21.3. The molecule has 0 aliphatic carbocycles. The number of anilines is 2. The minimum Gasteiger partial charge on any atom is -0.480 e. The van der Waals surface area contributed by atoms with E-state index in [4.69, 9.17) is 15.6 Å². The summed E-state index contributed by atoms with van der Waals surface area (Å²) in [7, 11) is -3.60. The van der Waals surface area contributed by atoms with Crippen LogP contribution in [0.25, 0.3) is 10.9 Å². The SMILES string of the molecule is CCCCOc1cc(C(=O)NCCN(CC)CC)c2ccccc2n1.Nc1ccc(S(=O)(=O)c2ccc(NCC(=O)O)cc2)cc1. The molecule has 3 aromatic carbocycles. The number of aromatic nitrogens is 1. The van der Waals surface area contributed by atoms with Crippen LogP contribution in [0.4, 0.5) is 11.4 Å². The van der Waals surface area contributed by atoms with Gasteiger partial charge in [-0.3, -0.25) is 9.59 Å². The molecule has 4 rings (SSSR count). The number of carbonyl (C=O) groups is 2. The van der Waals surface area contributed by atoms with Crippen LogP contribution in [-0.4, -0.2) is 74.6 Å². The van der Waals surface area contributed by atoms with Gasteiger partial charge in [-0.1, -0.05) is 45.4 Å². The van der Waals surface area contributed by atoms with Gasteiger partial charge in [-0.25, -0.2) is 13.4 Å². The third-order valence-electron chi connectivity index (χ3n) is 7.09. The normalized spacial score (nSPS) is 11.0. The number of fused-ring (bicyclic) bond motifs is 1. The van der Waals surface area contributed by atoms with E-state index in [2.05, 4.69) is 41.3 Å². The standard InChI is InChI=1S/C20H29N3O2.C14H14N2O4S/c1-4-7-14-25-19-15-17(16-10-8-9-11-18(16)22-19)20(24)21-12-13-23(5-2)6-3;15-10-1-5-12(6-2-10)21(19,20)13-7-3-11(4-8-13)16-9-14(17)18/h8-11,15H,4-7,12-14H2,1-3H3,(H,21,24);1-8,16H,9,15H2,(H,17,18). The molecular weight excluding hydrogens is 606 g/mol. The number of nitrogens with one attached hydrogen (secondary N) is 2. The molecule has 246 valence electrons. The first-order chi connectivity index (χ1) is 22.1. The van der Waals surface area contributed by atoms with E-state index in [1.807, 2.05) is 24.3 Å². The number of nitrogens with zero attached hydrogens (tertiary/aromatic N) is 2. The van der Waals surface area contributed by atoms with E-state index in [0.29, 0.717) is 36.0 Å². The Morgan fingerprint density at radius 3 is 2.17 bits per heavy atom. The number of pyridine rings is 1. The summed E-state index contributed by atoms with van der Waals surface area (Å²) >= 11 is 0. The van der Waals surface area contributed by atoms with Crippen LogP contribution in [0.15, 0.2) is 88.7 Å². The van der Waals surface area contributed by atoms with Crippen molar-refractivity contribution >= 4 is 44.0 Å². The number of nitrogen functional groups attached to an aromatic ring is 1. The minimum absolute atomic E-state index is 0.0777. The van der Waals surface area contributed by atoms with E-state index in [9.17, 15) is 18.0 Å². The molecule has 0 unspecified atom stereocenters. The summed E-state index contributed by atoms with van der Waals surface area (Å²) in [4.78, 5) is 30.2. The van der Waals surface area contributed by atoms with Crippen LogP contribution in [0.1, 0.15) is 44.0 Å². The molecule has 0 atom stereocenters. The number of hydrogen-bond donors (Lipinski definition) is 4. The van der Waals surface area contributed by atoms with Gasteiger partial charge in [0.05, 0.1) is 27.5 Å². The summed E-state index contributed by atoms with van der Waals surface area (Å²) in [6.07, 6.45) is 2.03. The third-order valence-corrected chi connectivity index (χ3v) is 8.88. The summed E-state index contributed by atoms with van der Waals surface area (Å²) in [5.41, 5.74) is 7.96. The van der Waals surface area contributed by atoms with Crippen LogP contribution in [0.5, 0.6) is 5.88 Å². The Morgan fingerprint density at radius 2 is 1.57 bits per heavy atom. The fraction of sp³-hybridized carbons (Fsp3) is 0.324. The van der Waals surface area contributed by atoms with Gasteiger partial charge in [-0.2, -0.15) is 0 Å². The zero-order chi connectivity index (χ0) is 33.5. The lowest BCUT2D eigenvalue weighted by molar-refractivity contribution is -0.134. The van der Waals surface area contributed by atoms with Crippen LogP contribution < -0.4 is 21.1 Å². The number of unbranched alkanes of at least 4 members (excludes halogenated alkanes) is 1. The van der Waals surface area contributed by atoms with E-state index in [-0.39, 0.29) is 22.2 Å². The quantitative estimate of drug-likeness (QED) is 0.101. The summed E-state index contributed by atoms with van der Waals surface area (Å²) in [5.74, 6) is -0.555. The number of benzene rings is 3. The summed E-state index contributed by atoms with van der Waals surface area (Å²) in [5, 5.41) is 15.1. The number of carbonyl (C=O) groups excluding carboxylic acids is 1. The van der Waals surface area contributed by atoms with Crippen molar-refractivity contribution in [2.45, 2.75) is 43.4 Å². The van der Waals surface area contributed by atoms with Crippen molar-refractivity contribution in [3.63, 3.8) is 0 Å². The van der Waals surface area contributed by atoms with Gasteiger partial charge >= 0.3 is 5.97 Å². The highest BCUT2D eigenvalue weighted by atomic mass is 32.2. The fourth-order valence-corrected chi connectivity index (χ4v) is 5.67. The highest BCUT2D eigenvalue weighted by molar-refractivity contribution is 7.91. The molecular formula is C34H43N5O6S. The Bertz CT molecular complexity index is 1680. The average Bonchev–Trinajstić information content (AvgIpc) is 3.06. The molecule has 1 heterocycles. The maximum Gasteiger partial charge on any atom is 0.322 e. The summed E-state index contributed by atoms with van der Waals surface area (Å²) in [6.45, 7) is 10.2. The number of amides is 1. The molecule has 46 heavy (non-hydrogen) atoms. The summed E-state index contributed by atoms with van der Waals surface area (Å²) < 4.78 is 30.5. The second-order valence-corrected chi connectivity index (χ2v) is 12.3. The predicted octanol–water partition coefficient (Wildman–Crippen LogP) is 5.08. The van der Waals surface area contributed by atoms with E-state index < -0.39 is 15.8 Å². The van der Waals surface area contributed by atoms with Crippen molar-refractivity contribution in [3.05, 3.63) is 84.4 Å². The maximum absolute atomic E-state index is 12.7. The Labute approximate surface area is 270 Å². The largest absolute Gasteiger partial charge is 0.480 e. The highest BCUT2D eigenvalue weighted by Gasteiger charge is 2.17. The van der Waals surface area contributed by atoms with Crippen LogP contribution in [0.2, 0.25) is 0 Å². The Kier molecular flexibility index (Phi) is 13.8. The molecule has 1 amide bonds. The van der Waals surface area contributed by atoms with Gasteiger partial charge in [0.2, 0.25) is 15.7 Å². The molecule has 0 spiro atoms. The van der Waals surface area contributed by atoms with Gasteiger partial charge in [0.25, 0.3) is 5.91 Å². The first-order valence-corrected chi connectivity index (χ1v) is 16.8. The number of aliphatic carboxylic acids is 1. The molecule has 1 aromatic heterocycles. The number of hydrogen-bond acceptors (Lipinski definition) is 9. The lowest BCUT2D eigenvalue weighted by Crippen LogP contribution is -2.34. The monoisotopic (exact) mass is 649 g/mol. The molecule has 0 fully saturated rings. The molecule has 0 bridgehead atoms. The lowest BCUT2D eigenvalue weighted by Gasteiger charge is -2.18. The Morgan fingerprint density at radius 1 is 0.935 bits per heavy atom. The smallest absolute Gasteiger partial charge is 0.322 e. The van der Waals surface area contributed by atoms with Gasteiger partial charge in [0, 0.05) is 35.9 Å². The van der Waals surface area contributed by atoms with E-state index in [0.717, 1.165) is 43.4 Å². The molecule has 5 N–H and O–H groups in total. The first kappa shape index (κ1) is 35.8. The van der Waals surface area contributed by atoms with Crippen molar-refractivity contribution in [1.29, 1.82) is 0 Å². The third kappa shape index (κ3) is 10.5. The van der Waals surface area contributed by atoms with Crippen molar-refractivity contribution in [1.82, 2.24) is 15.2 Å². The molecule has 0 saturated heterocycles. The van der Waals surface area contributed by atoms with Gasteiger partial charge in [0.1, 0.15) is 6.54 Å². The number of nitrogens with two attached hydrogens (primary N) is 1. The Balaban J connectivity index is 0.000000254. The van der Waals surface area contributed by atoms with Crippen molar-refractivity contribution in [3.8, 4) is 5.88 Å². The number of rotatable bonds is 15. The number of carboxylic acids is 1. The number of sulfone groups is 1. The average molecular weight is 650 g/mol. The van der Waals surface area contributed by atoms with Crippen LogP contribution in [-0.2, 0) is 14.6 Å². The van der Waals surface area contributed by atoms with Crippen LogP contribution in [0, 0.1) is 0 Å². The number of carboxylic acid groups (broad SMARTS) is 1. The van der Waals surface area contributed by atoms with Crippen molar-refractivity contribution in [2.24, 2.45) is 0 Å². The second-order valence-electron chi connectivity index (χ2n) is 10.4. The van der Waals surface area contributed by atoms with Crippen molar-refractivity contribution in [2.75, 3.05) is 50.4 Å². The zero-order valence-corrected chi connectivity index (χ0v) is 27.3. The van der Waals surface area contributed by atoms with Crippen LogP contribution >= 0.6 is 0 Å². The second kappa shape index (κ2) is 17.7. The van der Waals surface area contributed by atoms with Gasteiger partial charge in [-0.15, -0.1) is 0 Å². The fourth-order valence-electron chi connectivity index (χ4n) is 4.41. The molecule has 11 nitrogen and oxygen atoms in total. The molecule has 0 saturated carbocycles.